The Balaban J connectivity index is 1.29. The van der Waals surface area contributed by atoms with Crippen LogP contribution in [0.4, 0.5) is 0 Å². The number of fused-ring (bicyclic) bond motifs is 1. The van der Waals surface area contributed by atoms with Crippen LogP contribution in [0.1, 0.15) is 28.2 Å². The van der Waals surface area contributed by atoms with Crippen molar-refractivity contribution in [3.8, 4) is 23.6 Å². The minimum absolute atomic E-state index is 0.00441. The molecule has 226 valence electrons. The number of hydrogen-bond acceptors (Lipinski definition) is 7. The summed E-state index contributed by atoms with van der Waals surface area (Å²) in [5.74, 6) is 0.504. The molecule has 0 unspecified atom stereocenters. The molecule has 0 saturated heterocycles. The van der Waals surface area contributed by atoms with Crippen molar-refractivity contribution in [3.63, 3.8) is 0 Å². The van der Waals surface area contributed by atoms with Gasteiger partial charge >= 0.3 is 0 Å². The molecule has 2 N–H and O–H groups in total. The first-order valence-corrected chi connectivity index (χ1v) is 15.7. The number of rotatable bonds is 8. The van der Waals surface area contributed by atoms with Crippen LogP contribution in [0.25, 0.3) is 17.5 Å². The number of nitrogens with zero attached hydrogens (tertiary/aromatic N) is 3. The Hall–Kier alpha value is -5.25. The summed E-state index contributed by atoms with van der Waals surface area (Å²) in [6.45, 7) is 0.605. The zero-order valence-corrected chi connectivity index (χ0v) is 26.4. The normalized spacial score (nSPS) is 14.4. The fraction of sp³-hybridized carbons (Fsp3) is 0.0833. The van der Waals surface area contributed by atoms with Gasteiger partial charge < -0.3 is 15.2 Å². The van der Waals surface area contributed by atoms with Gasteiger partial charge in [0, 0.05) is 21.2 Å². The SMILES string of the molecule is N#CC1=C(N)n2c(s/c(=C\c3ccc(OCc4ccccc4Cl)cc3)c2=O)=C(C#N)[C@H]1c1ccc(OCc2ccccc2Cl)cc1. The van der Waals surface area contributed by atoms with E-state index in [9.17, 15) is 15.3 Å². The van der Waals surface area contributed by atoms with E-state index < -0.39 is 11.5 Å². The van der Waals surface area contributed by atoms with E-state index >= 15 is 0 Å². The van der Waals surface area contributed by atoms with Gasteiger partial charge in [-0.2, -0.15) is 10.5 Å². The molecule has 1 aliphatic heterocycles. The minimum atomic E-state index is -0.743. The van der Waals surface area contributed by atoms with Crippen molar-refractivity contribution in [2.45, 2.75) is 19.1 Å². The topological polar surface area (TPSA) is 114 Å². The molecule has 6 rings (SSSR count). The average molecular weight is 664 g/mol. The highest BCUT2D eigenvalue weighted by Gasteiger charge is 2.32. The van der Waals surface area contributed by atoms with Crippen LogP contribution in [0.3, 0.4) is 0 Å². The number of ether oxygens (including phenoxy) is 2. The summed E-state index contributed by atoms with van der Waals surface area (Å²) in [4.78, 5) is 13.5. The predicted octanol–water partition coefficient (Wildman–Crippen LogP) is 6.33. The first-order chi connectivity index (χ1) is 22.4. The maximum absolute atomic E-state index is 13.5. The Morgan fingerprint density at radius 1 is 0.783 bits per heavy atom. The molecule has 46 heavy (non-hydrogen) atoms. The number of benzene rings is 4. The molecule has 0 fully saturated rings. The van der Waals surface area contributed by atoms with Gasteiger partial charge in [-0.25, -0.2) is 0 Å². The van der Waals surface area contributed by atoms with Crippen molar-refractivity contribution < 1.29 is 9.47 Å². The largest absolute Gasteiger partial charge is 0.489 e. The quantitative estimate of drug-likeness (QED) is 0.208. The molecule has 1 aromatic heterocycles. The molecule has 0 bridgehead atoms. The molecule has 0 aliphatic carbocycles. The predicted molar refractivity (Wildman–Crippen MR) is 181 cm³/mol. The van der Waals surface area contributed by atoms with Crippen molar-refractivity contribution in [3.05, 3.63) is 154 Å². The van der Waals surface area contributed by atoms with Crippen LogP contribution in [-0.2, 0) is 13.2 Å². The van der Waals surface area contributed by atoms with Crippen LogP contribution in [0.15, 0.2) is 107 Å². The van der Waals surface area contributed by atoms with Gasteiger partial charge in [0.25, 0.3) is 5.56 Å². The first-order valence-electron chi connectivity index (χ1n) is 14.1. The van der Waals surface area contributed by atoms with Crippen molar-refractivity contribution in [1.82, 2.24) is 4.57 Å². The Morgan fingerprint density at radius 2 is 1.30 bits per heavy atom. The van der Waals surface area contributed by atoms with Crippen molar-refractivity contribution in [2.75, 3.05) is 0 Å². The van der Waals surface area contributed by atoms with Crippen LogP contribution < -0.4 is 30.0 Å². The van der Waals surface area contributed by atoms with Crippen molar-refractivity contribution in [1.29, 1.82) is 10.5 Å². The van der Waals surface area contributed by atoms with Crippen LogP contribution in [0.2, 0.25) is 10.0 Å². The third kappa shape index (κ3) is 6.15. The number of nitriles is 2. The van der Waals surface area contributed by atoms with E-state index in [1.165, 1.54) is 4.57 Å². The maximum Gasteiger partial charge on any atom is 0.274 e. The van der Waals surface area contributed by atoms with Crippen LogP contribution >= 0.6 is 34.5 Å². The van der Waals surface area contributed by atoms with Gasteiger partial charge in [0.1, 0.15) is 35.2 Å². The molecule has 5 aromatic rings. The smallest absolute Gasteiger partial charge is 0.274 e. The molecule has 0 radical (unpaired) electrons. The molecule has 0 amide bonds. The number of aromatic nitrogens is 1. The van der Waals surface area contributed by atoms with Crippen LogP contribution in [-0.4, -0.2) is 4.57 Å². The standard InChI is InChI=1S/C36H24Cl2N4O3S/c37-30-7-3-1-5-24(30)20-44-26-13-9-22(10-14-26)17-32-35(43)42-34(41)28(18-39)33(29(19-40)36(42)46-32)23-11-15-27(16-12-23)45-21-25-6-2-4-8-31(25)38/h1-17,33H,20-21,41H2/b32-17-/t33-/m0/s1. The van der Waals surface area contributed by atoms with Crippen molar-refractivity contribution in [2.24, 2.45) is 5.73 Å². The lowest BCUT2D eigenvalue weighted by atomic mass is 9.84. The molecule has 7 nitrogen and oxygen atoms in total. The van der Waals surface area contributed by atoms with Gasteiger partial charge in [0.15, 0.2) is 0 Å². The molecule has 1 atom stereocenters. The van der Waals surface area contributed by atoms with Gasteiger partial charge in [-0.3, -0.25) is 9.36 Å². The second kappa shape index (κ2) is 13.4. The van der Waals surface area contributed by atoms with Gasteiger partial charge in [0.05, 0.1) is 33.7 Å². The van der Waals surface area contributed by atoms with E-state index in [4.69, 9.17) is 38.4 Å². The third-order valence-electron chi connectivity index (χ3n) is 7.48. The second-order valence-corrected chi connectivity index (χ2v) is 12.2. The fourth-order valence-corrected chi connectivity index (χ4v) is 6.61. The summed E-state index contributed by atoms with van der Waals surface area (Å²) < 4.78 is 13.8. The van der Waals surface area contributed by atoms with Gasteiger partial charge in [0.2, 0.25) is 0 Å². The fourth-order valence-electron chi connectivity index (χ4n) is 5.11. The molecule has 2 heterocycles. The molecule has 4 aromatic carbocycles. The van der Waals surface area contributed by atoms with Crippen molar-refractivity contribution >= 4 is 52.0 Å². The lowest BCUT2D eigenvalue weighted by Gasteiger charge is -2.22. The summed E-state index contributed by atoms with van der Waals surface area (Å²) in [6.07, 6.45) is 1.73. The molecular formula is C36H24Cl2N4O3S. The zero-order chi connectivity index (χ0) is 32.2. The average Bonchev–Trinajstić information content (AvgIpc) is 3.40. The van der Waals surface area contributed by atoms with E-state index in [1.807, 2.05) is 54.6 Å². The molecule has 0 saturated carbocycles. The highest BCUT2D eigenvalue weighted by molar-refractivity contribution is 7.07. The van der Waals surface area contributed by atoms with E-state index in [1.54, 1.807) is 48.5 Å². The Bertz CT molecular complexity index is 2240. The number of halogens is 2. The van der Waals surface area contributed by atoms with Gasteiger partial charge in [-0.05, 0) is 53.6 Å². The van der Waals surface area contributed by atoms with Crippen LogP contribution in [0.5, 0.6) is 11.5 Å². The third-order valence-corrected chi connectivity index (χ3v) is 9.33. The highest BCUT2D eigenvalue weighted by atomic mass is 35.5. The Labute approximate surface area is 278 Å². The zero-order valence-electron chi connectivity index (χ0n) is 24.1. The summed E-state index contributed by atoms with van der Waals surface area (Å²) in [6, 6.07) is 33.7. The molecule has 0 spiro atoms. The monoisotopic (exact) mass is 662 g/mol. The molecular weight excluding hydrogens is 639 g/mol. The van der Waals surface area contributed by atoms with E-state index in [0.29, 0.717) is 42.9 Å². The summed E-state index contributed by atoms with van der Waals surface area (Å²) >= 11 is 13.6. The lowest BCUT2D eigenvalue weighted by Crippen LogP contribution is -2.38. The number of thiazole rings is 1. The second-order valence-electron chi connectivity index (χ2n) is 10.3. The summed E-state index contributed by atoms with van der Waals surface area (Å²) in [7, 11) is 0. The summed E-state index contributed by atoms with van der Waals surface area (Å²) in [5, 5.41) is 21.7. The first kappa shape index (κ1) is 30.8. The van der Waals surface area contributed by atoms with Gasteiger partial charge in [-0.15, -0.1) is 11.3 Å². The van der Waals surface area contributed by atoms with E-state index in [2.05, 4.69) is 12.1 Å². The van der Waals surface area contributed by atoms with E-state index in [-0.39, 0.29) is 23.6 Å². The Morgan fingerprint density at radius 3 is 1.83 bits per heavy atom. The number of nitrogens with two attached hydrogens (primary N) is 1. The maximum atomic E-state index is 13.5. The molecule has 1 aliphatic rings. The van der Waals surface area contributed by atoms with E-state index in [0.717, 1.165) is 28.0 Å². The number of allylic oxidation sites excluding steroid dienone is 1. The number of hydrogen-bond donors (Lipinski definition) is 1. The van der Waals surface area contributed by atoms with Crippen LogP contribution in [0, 0.1) is 22.7 Å². The molecule has 10 heteroatoms. The Kier molecular flexibility index (Phi) is 8.96. The lowest BCUT2D eigenvalue weighted by molar-refractivity contribution is 0.306. The summed E-state index contributed by atoms with van der Waals surface area (Å²) in [5.41, 5.74) is 9.59. The highest BCUT2D eigenvalue weighted by Crippen LogP contribution is 2.36. The minimum Gasteiger partial charge on any atom is -0.489 e. The van der Waals surface area contributed by atoms with Gasteiger partial charge in [-0.1, -0.05) is 83.9 Å².